The average Bonchev–Trinajstić information content (AvgIpc) is 2.47. The number of carboxylic acid groups (broad SMARTS) is 1. The second kappa shape index (κ2) is 6.10. The fraction of sp³-hybridized carbons (Fsp3) is 0.188. The molecule has 0 saturated carbocycles. The molecule has 0 saturated heterocycles. The molecule has 0 heterocycles. The van der Waals surface area contributed by atoms with E-state index in [1.54, 1.807) is 62.8 Å². The van der Waals surface area contributed by atoms with Crippen molar-refractivity contribution in [2.24, 2.45) is 0 Å². The second-order valence-electron chi connectivity index (χ2n) is 4.32. The zero-order valence-electron chi connectivity index (χ0n) is 11.4. The molecule has 104 valence electrons. The van der Waals surface area contributed by atoms with E-state index >= 15 is 0 Å². The van der Waals surface area contributed by atoms with Gasteiger partial charge in [-0.3, -0.25) is 4.79 Å². The van der Waals surface area contributed by atoms with Crippen molar-refractivity contribution in [3.63, 3.8) is 0 Å². The Bertz CT molecular complexity index is 559. The van der Waals surface area contributed by atoms with Crippen LogP contribution in [0.1, 0.15) is 17.0 Å². The molecule has 0 radical (unpaired) electrons. The van der Waals surface area contributed by atoms with Crippen LogP contribution in [-0.4, -0.2) is 25.3 Å². The van der Waals surface area contributed by atoms with Crippen LogP contribution in [0.5, 0.6) is 11.5 Å². The van der Waals surface area contributed by atoms with Crippen LogP contribution < -0.4 is 9.47 Å². The van der Waals surface area contributed by atoms with Gasteiger partial charge in [0.15, 0.2) is 0 Å². The summed E-state index contributed by atoms with van der Waals surface area (Å²) in [5.41, 5.74) is 1.34. The van der Waals surface area contributed by atoms with E-state index in [-0.39, 0.29) is 0 Å². The summed E-state index contributed by atoms with van der Waals surface area (Å²) in [6.07, 6.45) is 0. The lowest BCUT2D eigenvalue weighted by Gasteiger charge is -2.15. The number of methoxy groups -OCH3 is 2. The minimum absolute atomic E-state index is 0.636. The molecular weight excluding hydrogens is 256 g/mol. The molecule has 0 atom stereocenters. The molecule has 0 aliphatic heterocycles. The summed E-state index contributed by atoms with van der Waals surface area (Å²) < 4.78 is 10.3. The van der Waals surface area contributed by atoms with E-state index < -0.39 is 11.9 Å². The van der Waals surface area contributed by atoms with Gasteiger partial charge in [0.2, 0.25) is 0 Å². The Kier molecular flexibility index (Phi) is 4.25. The van der Waals surface area contributed by atoms with Gasteiger partial charge in [0.1, 0.15) is 17.4 Å². The molecule has 2 aromatic carbocycles. The molecule has 20 heavy (non-hydrogen) atoms. The normalized spacial score (nSPS) is 10.3. The van der Waals surface area contributed by atoms with Crippen LogP contribution in [0, 0.1) is 0 Å². The Morgan fingerprint density at radius 1 is 0.950 bits per heavy atom. The smallest absolute Gasteiger partial charge is 0.315 e. The summed E-state index contributed by atoms with van der Waals surface area (Å²) in [6, 6.07) is 14.2. The maximum Gasteiger partial charge on any atom is 0.315 e. The van der Waals surface area contributed by atoms with Crippen molar-refractivity contribution in [3.8, 4) is 11.5 Å². The predicted molar refractivity (Wildman–Crippen MR) is 75.5 cm³/mol. The first kappa shape index (κ1) is 13.9. The van der Waals surface area contributed by atoms with Crippen molar-refractivity contribution in [2.45, 2.75) is 5.92 Å². The zero-order chi connectivity index (χ0) is 14.5. The van der Waals surface area contributed by atoms with Gasteiger partial charge in [-0.05, 0) is 35.4 Å². The fourth-order valence-corrected chi connectivity index (χ4v) is 2.12. The van der Waals surface area contributed by atoms with Gasteiger partial charge in [0, 0.05) is 0 Å². The molecule has 4 nitrogen and oxygen atoms in total. The Labute approximate surface area is 117 Å². The number of carbonyl (C=O) groups is 1. The van der Waals surface area contributed by atoms with Crippen molar-refractivity contribution in [3.05, 3.63) is 59.7 Å². The number of hydrogen-bond donors (Lipinski definition) is 1. The monoisotopic (exact) mass is 272 g/mol. The van der Waals surface area contributed by atoms with Crippen molar-refractivity contribution in [2.75, 3.05) is 14.2 Å². The third-order valence-electron chi connectivity index (χ3n) is 3.10. The SMILES string of the molecule is COc1cccc(C(C(=O)O)c2cccc(OC)c2)c1. The molecule has 0 amide bonds. The molecule has 2 aromatic rings. The largest absolute Gasteiger partial charge is 0.497 e. The van der Waals surface area contributed by atoms with Gasteiger partial charge >= 0.3 is 5.97 Å². The van der Waals surface area contributed by atoms with E-state index in [1.807, 2.05) is 0 Å². The van der Waals surface area contributed by atoms with Crippen LogP contribution in [0.3, 0.4) is 0 Å². The Hall–Kier alpha value is -2.49. The summed E-state index contributed by atoms with van der Waals surface area (Å²) in [7, 11) is 3.11. The number of ether oxygens (including phenoxy) is 2. The van der Waals surface area contributed by atoms with Gasteiger partial charge in [-0.25, -0.2) is 0 Å². The summed E-state index contributed by atoms with van der Waals surface area (Å²) in [4.78, 5) is 11.6. The minimum Gasteiger partial charge on any atom is -0.497 e. The first-order chi connectivity index (χ1) is 9.65. The lowest BCUT2D eigenvalue weighted by atomic mass is 9.91. The highest BCUT2D eigenvalue weighted by Crippen LogP contribution is 2.29. The molecule has 0 fully saturated rings. The van der Waals surface area contributed by atoms with Gasteiger partial charge in [-0.15, -0.1) is 0 Å². The molecule has 1 N–H and O–H groups in total. The van der Waals surface area contributed by atoms with Crippen molar-refractivity contribution < 1.29 is 19.4 Å². The fourth-order valence-electron chi connectivity index (χ4n) is 2.12. The van der Waals surface area contributed by atoms with E-state index in [0.717, 1.165) is 0 Å². The van der Waals surface area contributed by atoms with Crippen LogP contribution >= 0.6 is 0 Å². The number of benzene rings is 2. The summed E-state index contributed by atoms with van der Waals surface area (Å²) in [6.45, 7) is 0. The van der Waals surface area contributed by atoms with E-state index in [2.05, 4.69) is 0 Å². The highest BCUT2D eigenvalue weighted by atomic mass is 16.5. The van der Waals surface area contributed by atoms with Gasteiger partial charge in [-0.2, -0.15) is 0 Å². The molecule has 4 heteroatoms. The van der Waals surface area contributed by atoms with Crippen LogP contribution in [0.15, 0.2) is 48.5 Å². The van der Waals surface area contributed by atoms with Crippen LogP contribution in [0.2, 0.25) is 0 Å². The maximum absolute atomic E-state index is 11.6. The second-order valence-corrected chi connectivity index (χ2v) is 4.32. The topological polar surface area (TPSA) is 55.8 Å². The number of hydrogen-bond acceptors (Lipinski definition) is 3. The van der Waals surface area contributed by atoms with Crippen molar-refractivity contribution >= 4 is 5.97 Å². The third kappa shape index (κ3) is 2.91. The highest BCUT2D eigenvalue weighted by molar-refractivity contribution is 5.80. The molecule has 2 rings (SSSR count). The number of carboxylic acids is 1. The summed E-state index contributed by atoms with van der Waals surface area (Å²) in [5, 5.41) is 9.53. The molecule has 0 aliphatic rings. The Morgan fingerprint density at radius 2 is 1.40 bits per heavy atom. The standard InChI is InChI=1S/C16H16O4/c1-19-13-7-3-5-11(9-13)15(16(17)18)12-6-4-8-14(10-12)20-2/h3-10,15H,1-2H3,(H,17,18). The first-order valence-corrected chi connectivity index (χ1v) is 6.16. The highest BCUT2D eigenvalue weighted by Gasteiger charge is 2.22. The van der Waals surface area contributed by atoms with Crippen molar-refractivity contribution in [1.82, 2.24) is 0 Å². The average molecular weight is 272 g/mol. The summed E-state index contributed by atoms with van der Waals surface area (Å²) >= 11 is 0. The zero-order valence-corrected chi connectivity index (χ0v) is 11.4. The quantitative estimate of drug-likeness (QED) is 0.909. The predicted octanol–water partition coefficient (Wildman–Crippen LogP) is 2.92. The van der Waals surface area contributed by atoms with Gasteiger partial charge in [0.25, 0.3) is 0 Å². The van der Waals surface area contributed by atoms with Gasteiger partial charge in [-0.1, -0.05) is 24.3 Å². The molecule has 0 aromatic heterocycles. The van der Waals surface area contributed by atoms with Gasteiger partial charge in [0.05, 0.1) is 14.2 Å². The minimum atomic E-state index is -0.911. The molecule has 0 bridgehead atoms. The summed E-state index contributed by atoms with van der Waals surface area (Å²) in [5.74, 6) is -0.389. The molecular formula is C16H16O4. The lowest BCUT2D eigenvalue weighted by molar-refractivity contribution is -0.137. The number of rotatable bonds is 5. The number of aliphatic carboxylic acids is 1. The molecule has 0 aliphatic carbocycles. The lowest BCUT2D eigenvalue weighted by Crippen LogP contribution is -2.13. The van der Waals surface area contributed by atoms with Crippen molar-refractivity contribution in [1.29, 1.82) is 0 Å². The Balaban J connectivity index is 2.47. The van der Waals surface area contributed by atoms with Crippen LogP contribution in [0.25, 0.3) is 0 Å². The van der Waals surface area contributed by atoms with E-state index in [1.165, 1.54) is 0 Å². The first-order valence-electron chi connectivity index (χ1n) is 6.16. The molecule has 0 unspecified atom stereocenters. The Morgan fingerprint density at radius 3 is 1.75 bits per heavy atom. The third-order valence-corrected chi connectivity index (χ3v) is 3.10. The molecule has 0 spiro atoms. The van der Waals surface area contributed by atoms with E-state index in [0.29, 0.717) is 22.6 Å². The maximum atomic E-state index is 11.6. The van der Waals surface area contributed by atoms with Crippen LogP contribution in [-0.2, 0) is 4.79 Å². The van der Waals surface area contributed by atoms with E-state index in [4.69, 9.17) is 9.47 Å². The van der Waals surface area contributed by atoms with Gasteiger partial charge < -0.3 is 14.6 Å². The van der Waals surface area contributed by atoms with Crippen LogP contribution in [0.4, 0.5) is 0 Å². The van der Waals surface area contributed by atoms with E-state index in [9.17, 15) is 9.90 Å².